The third-order valence-corrected chi connectivity index (χ3v) is 6.98. The molecule has 12 heteroatoms. The average Bonchev–Trinajstić information content (AvgIpc) is 3.43. The van der Waals surface area contributed by atoms with Gasteiger partial charge in [-0.2, -0.15) is 0 Å². The highest BCUT2D eigenvalue weighted by Gasteiger charge is 2.24. The van der Waals surface area contributed by atoms with Crippen LogP contribution in [0.15, 0.2) is 96.2 Å². The van der Waals surface area contributed by atoms with E-state index in [1.807, 2.05) is 30.3 Å². The predicted molar refractivity (Wildman–Crippen MR) is 163 cm³/mol. The van der Waals surface area contributed by atoms with Crippen molar-refractivity contribution in [2.75, 3.05) is 11.9 Å². The molecule has 0 bridgehead atoms. The van der Waals surface area contributed by atoms with E-state index in [1.54, 1.807) is 49.4 Å². The second-order valence-electron chi connectivity index (χ2n) is 9.54. The Balaban J connectivity index is 1.45. The summed E-state index contributed by atoms with van der Waals surface area (Å²) in [6, 6.07) is 21.8. The van der Waals surface area contributed by atoms with Crippen molar-refractivity contribution < 1.29 is 14.3 Å². The molecule has 5 aromatic rings. The molecule has 0 radical (unpaired) electrons. The smallest absolute Gasteiger partial charge is 0.310 e. The first-order valence-electron chi connectivity index (χ1n) is 13.4. The monoisotopic (exact) mass is 616 g/mol. The Hall–Kier alpha value is -4.80. The largest absolute Gasteiger partial charge is 0.466 e. The van der Waals surface area contributed by atoms with Crippen molar-refractivity contribution in [2.24, 2.45) is 0 Å². The molecule has 0 aliphatic carbocycles. The van der Waals surface area contributed by atoms with Crippen LogP contribution in [-0.2, 0) is 27.2 Å². The first kappa shape index (κ1) is 29.7. The summed E-state index contributed by atoms with van der Waals surface area (Å²) >= 11 is 12.2. The van der Waals surface area contributed by atoms with Crippen molar-refractivity contribution in [1.29, 1.82) is 0 Å². The van der Waals surface area contributed by atoms with Crippen LogP contribution in [0.5, 0.6) is 0 Å². The molecule has 10 nitrogen and oxygen atoms in total. The zero-order valence-electron chi connectivity index (χ0n) is 23.0. The number of aromatic nitrogens is 5. The molecule has 2 aromatic heterocycles. The van der Waals surface area contributed by atoms with Crippen molar-refractivity contribution >= 4 is 40.8 Å². The molecule has 5 rings (SSSR count). The van der Waals surface area contributed by atoms with Gasteiger partial charge in [0.2, 0.25) is 5.91 Å². The molecule has 43 heavy (non-hydrogen) atoms. The minimum atomic E-state index is -0.913. The Morgan fingerprint density at radius 2 is 1.74 bits per heavy atom. The molecule has 3 aromatic carbocycles. The number of halogens is 2. The molecule has 0 fully saturated rings. The van der Waals surface area contributed by atoms with Gasteiger partial charge in [-0.1, -0.05) is 70.9 Å². The number of nitrogens with one attached hydrogen (secondary N) is 1. The lowest BCUT2D eigenvalue weighted by molar-refractivity contribution is -0.142. The number of benzene rings is 3. The quantitative estimate of drug-likeness (QED) is 0.211. The Kier molecular flexibility index (Phi) is 9.29. The SMILES string of the molecule is CCOC(=O)Cc1ccc(NC(=O)[C@H](Cc2ccccc2)n2cnc(-c3cc(Cl)ccc3-n3cc(Cl)nn3)cc2=O)cc1. The van der Waals surface area contributed by atoms with Crippen LogP contribution < -0.4 is 10.9 Å². The second-order valence-corrected chi connectivity index (χ2v) is 10.4. The Labute approximate surface area is 256 Å². The van der Waals surface area contributed by atoms with Gasteiger partial charge in [-0.25, -0.2) is 9.67 Å². The number of hydrogen-bond donors (Lipinski definition) is 1. The summed E-state index contributed by atoms with van der Waals surface area (Å²) in [4.78, 5) is 43.5. The number of anilines is 1. The summed E-state index contributed by atoms with van der Waals surface area (Å²) in [5.41, 5.74) is 3.13. The van der Waals surface area contributed by atoms with E-state index in [0.29, 0.717) is 34.3 Å². The van der Waals surface area contributed by atoms with Crippen LogP contribution in [0.3, 0.4) is 0 Å². The summed E-state index contributed by atoms with van der Waals surface area (Å²) in [6.45, 7) is 2.06. The molecule has 0 unspecified atom stereocenters. The van der Waals surface area contributed by atoms with Crippen molar-refractivity contribution in [3.05, 3.63) is 123 Å². The molecule has 0 aliphatic heterocycles. The average molecular weight is 617 g/mol. The normalized spacial score (nSPS) is 11.6. The van der Waals surface area contributed by atoms with Gasteiger partial charge in [-0.15, -0.1) is 5.10 Å². The van der Waals surface area contributed by atoms with Crippen molar-refractivity contribution in [3.8, 4) is 16.9 Å². The molecule has 2 heterocycles. The standard InChI is InChI=1S/C31H26Cl2N6O4/c1-2-43-30(41)15-21-8-11-23(12-9-21)35-31(42)27(14-20-6-4-3-5-7-20)38-19-34-25(17-29(38)40)24-16-22(32)10-13-26(24)39-18-28(33)36-37-39/h3-13,16-19,27H,2,14-15H2,1H3,(H,35,42)/t27-/m0/s1. The molecule has 1 N–H and O–H groups in total. The maximum atomic E-state index is 13.6. The zero-order chi connectivity index (χ0) is 30.3. The van der Waals surface area contributed by atoms with Crippen LogP contribution in [0.1, 0.15) is 24.1 Å². The number of amides is 1. The van der Waals surface area contributed by atoms with Gasteiger partial charge in [0.1, 0.15) is 6.04 Å². The van der Waals surface area contributed by atoms with Gasteiger partial charge in [0.05, 0.1) is 36.9 Å². The molecule has 1 amide bonds. The summed E-state index contributed by atoms with van der Waals surface area (Å²) in [6.07, 6.45) is 3.25. The van der Waals surface area contributed by atoms with Gasteiger partial charge in [-0.3, -0.25) is 19.0 Å². The number of ether oxygens (including phenoxy) is 1. The molecule has 1 atom stereocenters. The van der Waals surface area contributed by atoms with E-state index in [4.69, 9.17) is 27.9 Å². The highest BCUT2D eigenvalue weighted by Crippen LogP contribution is 2.28. The number of nitrogens with zero attached hydrogens (tertiary/aromatic N) is 5. The molecule has 218 valence electrons. The molecular formula is C31H26Cl2N6O4. The molecule has 0 aliphatic rings. The fourth-order valence-corrected chi connectivity index (χ4v) is 4.83. The highest BCUT2D eigenvalue weighted by molar-refractivity contribution is 6.31. The van der Waals surface area contributed by atoms with Crippen LogP contribution in [0.2, 0.25) is 10.2 Å². The lowest BCUT2D eigenvalue weighted by atomic mass is 10.0. The van der Waals surface area contributed by atoms with Crippen LogP contribution in [-0.4, -0.2) is 43.0 Å². The fourth-order valence-electron chi connectivity index (χ4n) is 4.53. The van der Waals surface area contributed by atoms with E-state index < -0.39 is 17.5 Å². The van der Waals surface area contributed by atoms with Crippen molar-refractivity contribution in [2.45, 2.75) is 25.8 Å². The number of rotatable bonds is 10. The lowest BCUT2D eigenvalue weighted by Crippen LogP contribution is -2.34. The minimum Gasteiger partial charge on any atom is -0.466 e. The third kappa shape index (κ3) is 7.35. The topological polar surface area (TPSA) is 121 Å². The molecular weight excluding hydrogens is 591 g/mol. The predicted octanol–water partition coefficient (Wildman–Crippen LogP) is 5.33. The first-order chi connectivity index (χ1) is 20.8. The third-order valence-electron chi connectivity index (χ3n) is 6.57. The van der Waals surface area contributed by atoms with Crippen LogP contribution in [0.4, 0.5) is 5.69 Å². The fraction of sp³-hybridized carbons (Fsp3) is 0.161. The number of carbonyl (C=O) groups excluding carboxylic acids is 2. The minimum absolute atomic E-state index is 0.129. The summed E-state index contributed by atoms with van der Waals surface area (Å²) in [7, 11) is 0. The van der Waals surface area contributed by atoms with E-state index >= 15 is 0 Å². The lowest BCUT2D eigenvalue weighted by Gasteiger charge is -2.20. The van der Waals surface area contributed by atoms with E-state index in [2.05, 4.69) is 20.6 Å². The summed E-state index contributed by atoms with van der Waals surface area (Å²) in [5, 5.41) is 11.4. The van der Waals surface area contributed by atoms with Gasteiger partial charge < -0.3 is 10.1 Å². The van der Waals surface area contributed by atoms with Crippen molar-refractivity contribution in [3.63, 3.8) is 0 Å². The van der Waals surface area contributed by atoms with Crippen LogP contribution in [0, 0.1) is 0 Å². The van der Waals surface area contributed by atoms with Gasteiger partial charge in [0.25, 0.3) is 5.56 Å². The van der Waals surface area contributed by atoms with E-state index in [0.717, 1.165) is 11.1 Å². The van der Waals surface area contributed by atoms with Gasteiger partial charge >= 0.3 is 5.97 Å². The second kappa shape index (κ2) is 13.5. The number of esters is 1. The van der Waals surface area contributed by atoms with Crippen LogP contribution in [0.25, 0.3) is 16.9 Å². The summed E-state index contributed by atoms with van der Waals surface area (Å²) < 4.78 is 7.76. The number of carbonyl (C=O) groups is 2. The van der Waals surface area contributed by atoms with Crippen molar-refractivity contribution in [1.82, 2.24) is 24.5 Å². The number of hydrogen-bond acceptors (Lipinski definition) is 7. The maximum Gasteiger partial charge on any atom is 0.310 e. The van der Waals surface area contributed by atoms with Gasteiger partial charge in [-0.05, 0) is 48.4 Å². The van der Waals surface area contributed by atoms with Gasteiger partial charge in [0.15, 0.2) is 5.15 Å². The summed E-state index contributed by atoms with van der Waals surface area (Å²) in [5.74, 6) is -0.730. The molecule has 0 saturated heterocycles. The van der Waals surface area contributed by atoms with Gasteiger partial charge in [0, 0.05) is 28.8 Å². The Morgan fingerprint density at radius 3 is 2.42 bits per heavy atom. The highest BCUT2D eigenvalue weighted by atomic mass is 35.5. The maximum absolute atomic E-state index is 13.6. The Morgan fingerprint density at radius 1 is 0.977 bits per heavy atom. The van der Waals surface area contributed by atoms with E-state index in [9.17, 15) is 14.4 Å². The molecule has 0 spiro atoms. The van der Waals surface area contributed by atoms with Crippen LogP contribution >= 0.6 is 23.2 Å². The Bertz CT molecular complexity index is 1810. The van der Waals surface area contributed by atoms with E-state index in [-0.39, 0.29) is 24.0 Å². The van der Waals surface area contributed by atoms with E-state index in [1.165, 1.54) is 27.8 Å². The molecule has 0 saturated carbocycles. The first-order valence-corrected chi connectivity index (χ1v) is 14.1. The zero-order valence-corrected chi connectivity index (χ0v) is 24.5.